The minimum atomic E-state index is -0.406. The molecule has 0 unspecified atom stereocenters. The Morgan fingerprint density at radius 1 is 1.15 bits per heavy atom. The summed E-state index contributed by atoms with van der Waals surface area (Å²) in [4.78, 5) is 18.0. The molecule has 0 amide bonds. The number of nitrogens with zero attached hydrogens (tertiary/aromatic N) is 2. The Hall–Kier alpha value is -1.66. The number of carbonyl (C=O) groups is 1. The largest absolute Gasteiger partial charge is 0.464 e. The molecule has 0 spiro atoms. The molecular formula is C21H34N2O4. The van der Waals surface area contributed by atoms with Crippen molar-refractivity contribution >= 4 is 11.7 Å². The molecule has 1 aliphatic heterocycles. The zero-order valence-electron chi connectivity index (χ0n) is 17.0. The fourth-order valence-corrected chi connectivity index (χ4v) is 3.24. The van der Waals surface area contributed by atoms with Crippen molar-refractivity contribution in [1.29, 1.82) is 0 Å². The molecule has 0 N–H and O–H groups in total. The van der Waals surface area contributed by atoms with Crippen LogP contribution in [0.2, 0.25) is 0 Å². The van der Waals surface area contributed by atoms with Gasteiger partial charge in [-0.15, -0.1) is 0 Å². The van der Waals surface area contributed by atoms with Crippen LogP contribution in [-0.4, -0.2) is 50.7 Å². The molecule has 2 rings (SSSR count). The van der Waals surface area contributed by atoms with Gasteiger partial charge in [0.25, 0.3) is 0 Å². The van der Waals surface area contributed by atoms with Gasteiger partial charge in [0.2, 0.25) is 0 Å². The molecule has 27 heavy (non-hydrogen) atoms. The molecule has 0 aliphatic carbocycles. The first-order chi connectivity index (χ1) is 13.2. The van der Waals surface area contributed by atoms with Crippen LogP contribution in [0.15, 0.2) is 18.3 Å². The molecule has 2 heterocycles. The van der Waals surface area contributed by atoms with Gasteiger partial charge in [0.15, 0.2) is 6.29 Å². The highest BCUT2D eigenvalue weighted by Crippen LogP contribution is 2.27. The van der Waals surface area contributed by atoms with Crippen LogP contribution in [0, 0.1) is 5.92 Å². The van der Waals surface area contributed by atoms with Crippen molar-refractivity contribution in [2.24, 2.45) is 5.92 Å². The predicted octanol–water partition coefficient (Wildman–Crippen LogP) is 4.04. The van der Waals surface area contributed by atoms with Crippen molar-refractivity contribution in [3.8, 4) is 0 Å². The third-order valence-electron chi connectivity index (χ3n) is 4.99. The minimum absolute atomic E-state index is 0.0925. The van der Waals surface area contributed by atoms with Crippen LogP contribution < -0.4 is 4.90 Å². The monoisotopic (exact) mass is 378 g/mol. The molecule has 6 nitrogen and oxygen atoms in total. The third-order valence-corrected chi connectivity index (χ3v) is 4.99. The SMILES string of the molecule is CCCCOC(OCCCC)C1CCN(c2ccc(C(=O)OC)nc2)CC1. The van der Waals surface area contributed by atoms with E-state index in [0.717, 1.165) is 70.5 Å². The number of unbranched alkanes of at least 4 members (excludes halogenated alkanes) is 2. The van der Waals surface area contributed by atoms with Crippen molar-refractivity contribution in [2.45, 2.75) is 58.7 Å². The number of hydrogen-bond donors (Lipinski definition) is 0. The maximum absolute atomic E-state index is 11.5. The Morgan fingerprint density at radius 2 is 1.78 bits per heavy atom. The summed E-state index contributed by atoms with van der Waals surface area (Å²) >= 11 is 0. The van der Waals surface area contributed by atoms with Gasteiger partial charge in [-0.1, -0.05) is 26.7 Å². The molecule has 152 valence electrons. The van der Waals surface area contributed by atoms with Gasteiger partial charge >= 0.3 is 5.97 Å². The van der Waals surface area contributed by atoms with Crippen LogP contribution in [0.3, 0.4) is 0 Å². The number of hydrogen-bond acceptors (Lipinski definition) is 6. The molecule has 1 aromatic rings. The van der Waals surface area contributed by atoms with Gasteiger partial charge < -0.3 is 19.1 Å². The summed E-state index contributed by atoms with van der Waals surface area (Å²) in [6, 6.07) is 3.66. The van der Waals surface area contributed by atoms with Crippen molar-refractivity contribution in [3.63, 3.8) is 0 Å². The van der Waals surface area contributed by atoms with Gasteiger partial charge in [-0.05, 0) is 37.8 Å². The summed E-state index contributed by atoms with van der Waals surface area (Å²) in [6.45, 7) is 7.77. The summed E-state index contributed by atoms with van der Waals surface area (Å²) in [7, 11) is 1.37. The molecule has 6 heteroatoms. The van der Waals surface area contributed by atoms with E-state index in [1.165, 1.54) is 7.11 Å². The molecule has 0 aromatic carbocycles. The molecule has 1 aromatic heterocycles. The lowest BCUT2D eigenvalue weighted by atomic mass is 9.95. The number of methoxy groups -OCH3 is 1. The summed E-state index contributed by atoms with van der Waals surface area (Å²) in [5.74, 6) is 0.0221. The first-order valence-electron chi connectivity index (χ1n) is 10.2. The lowest BCUT2D eigenvalue weighted by molar-refractivity contribution is -0.177. The molecule has 0 radical (unpaired) electrons. The van der Waals surface area contributed by atoms with E-state index >= 15 is 0 Å². The molecule has 1 saturated heterocycles. The molecular weight excluding hydrogens is 344 g/mol. The molecule has 0 saturated carbocycles. The predicted molar refractivity (Wildman–Crippen MR) is 106 cm³/mol. The lowest BCUT2D eigenvalue weighted by Gasteiger charge is -2.36. The number of aromatic nitrogens is 1. The van der Waals surface area contributed by atoms with Crippen LogP contribution in [0.25, 0.3) is 0 Å². The van der Waals surface area contributed by atoms with Gasteiger partial charge in [0.05, 0.1) is 19.0 Å². The number of ether oxygens (including phenoxy) is 3. The van der Waals surface area contributed by atoms with E-state index in [9.17, 15) is 4.79 Å². The number of piperidine rings is 1. The quantitative estimate of drug-likeness (QED) is 0.329. The van der Waals surface area contributed by atoms with Crippen LogP contribution >= 0.6 is 0 Å². The Bertz CT molecular complexity index is 532. The second-order valence-corrected chi connectivity index (χ2v) is 7.03. The number of rotatable bonds is 11. The van der Waals surface area contributed by atoms with Gasteiger partial charge in [-0.3, -0.25) is 0 Å². The van der Waals surface area contributed by atoms with Crippen molar-refractivity contribution < 1.29 is 19.0 Å². The van der Waals surface area contributed by atoms with Crippen molar-refractivity contribution in [1.82, 2.24) is 4.98 Å². The minimum Gasteiger partial charge on any atom is -0.464 e. The Labute approximate surface area is 163 Å². The van der Waals surface area contributed by atoms with Crippen LogP contribution in [0.4, 0.5) is 5.69 Å². The zero-order chi connectivity index (χ0) is 19.5. The van der Waals surface area contributed by atoms with E-state index in [1.807, 2.05) is 6.07 Å². The van der Waals surface area contributed by atoms with E-state index in [0.29, 0.717) is 11.6 Å². The van der Waals surface area contributed by atoms with Crippen LogP contribution in [-0.2, 0) is 14.2 Å². The molecule has 1 fully saturated rings. The number of esters is 1. The summed E-state index contributed by atoms with van der Waals surface area (Å²) in [5.41, 5.74) is 1.38. The van der Waals surface area contributed by atoms with E-state index in [1.54, 1.807) is 12.3 Å². The van der Waals surface area contributed by atoms with Gasteiger partial charge in [0.1, 0.15) is 5.69 Å². The van der Waals surface area contributed by atoms with Crippen LogP contribution in [0.5, 0.6) is 0 Å². The van der Waals surface area contributed by atoms with E-state index < -0.39 is 5.97 Å². The highest BCUT2D eigenvalue weighted by molar-refractivity contribution is 5.87. The average Bonchev–Trinajstić information content (AvgIpc) is 2.72. The second kappa shape index (κ2) is 11.9. The van der Waals surface area contributed by atoms with Gasteiger partial charge in [-0.25, -0.2) is 9.78 Å². The number of carbonyl (C=O) groups excluding carboxylic acids is 1. The summed E-state index contributed by atoms with van der Waals surface area (Å²) < 4.78 is 16.8. The maximum atomic E-state index is 11.5. The Balaban J connectivity index is 1.87. The highest BCUT2D eigenvalue weighted by atomic mass is 16.7. The molecule has 1 aliphatic rings. The maximum Gasteiger partial charge on any atom is 0.356 e. The lowest BCUT2D eigenvalue weighted by Crippen LogP contribution is -2.40. The van der Waals surface area contributed by atoms with Crippen molar-refractivity contribution in [3.05, 3.63) is 24.0 Å². The number of anilines is 1. The topological polar surface area (TPSA) is 60.9 Å². The number of pyridine rings is 1. The van der Waals surface area contributed by atoms with Crippen LogP contribution in [0.1, 0.15) is 62.9 Å². The zero-order valence-corrected chi connectivity index (χ0v) is 17.0. The summed E-state index contributed by atoms with van der Waals surface area (Å²) in [6.07, 6.45) is 8.13. The smallest absolute Gasteiger partial charge is 0.356 e. The average molecular weight is 379 g/mol. The first kappa shape index (κ1) is 21.6. The fourth-order valence-electron chi connectivity index (χ4n) is 3.24. The van der Waals surface area contributed by atoms with Gasteiger partial charge in [0, 0.05) is 32.2 Å². The molecule has 0 atom stereocenters. The van der Waals surface area contributed by atoms with E-state index in [-0.39, 0.29) is 6.29 Å². The molecule has 0 bridgehead atoms. The standard InChI is InChI=1S/C21H34N2O4/c1-4-6-14-26-21(27-15-7-5-2)17-10-12-23(13-11-17)18-8-9-19(22-16-18)20(24)25-3/h8-9,16-17,21H,4-7,10-15H2,1-3H3. The summed E-state index contributed by atoms with van der Waals surface area (Å²) in [5, 5.41) is 0. The first-order valence-corrected chi connectivity index (χ1v) is 10.2. The third kappa shape index (κ3) is 6.78. The van der Waals surface area contributed by atoms with Crippen molar-refractivity contribution in [2.75, 3.05) is 38.3 Å². The fraction of sp³-hybridized carbons (Fsp3) is 0.714. The van der Waals surface area contributed by atoms with Gasteiger partial charge in [-0.2, -0.15) is 0 Å². The Kier molecular flexibility index (Phi) is 9.56. The Morgan fingerprint density at radius 3 is 2.26 bits per heavy atom. The van der Waals surface area contributed by atoms with E-state index in [2.05, 4.69) is 23.7 Å². The second-order valence-electron chi connectivity index (χ2n) is 7.03. The highest BCUT2D eigenvalue weighted by Gasteiger charge is 2.28. The van der Waals surface area contributed by atoms with E-state index in [4.69, 9.17) is 14.2 Å². The normalized spacial score (nSPS) is 15.3.